The molecule has 1 aromatic carbocycles. The molecule has 1 aromatic heterocycles. The largest absolute Gasteiger partial charge is 0.388 e. The van der Waals surface area contributed by atoms with Gasteiger partial charge < -0.3 is 14.4 Å². The molecule has 0 amide bonds. The van der Waals surface area contributed by atoms with Crippen molar-refractivity contribution in [2.24, 2.45) is 0 Å². The van der Waals surface area contributed by atoms with E-state index in [-0.39, 0.29) is 12.4 Å². The SMILES string of the molecule is Cc1ccc(C)n1-c1ccc(F)c(C2OCC2O)c1. The summed E-state index contributed by atoms with van der Waals surface area (Å²) in [6.07, 6.45) is -1.16. The van der Waals surface area contributed by atoms with Crippen LogP contribution in [0.1, 0.15) is 23.1 Å². The molecule has 0 saturated carbocycles. The minimum Gasteiger partial charge on any atom is -0.388 e. The fraction of sp³-hybridized carbons (Fsp3) is 0.333. The van der Waals surface area contributed by atoms with Crippen LogP contribution in [0, 0.1) is 19.7 Å². The number of aromatic nitrogens is 1. The molecule has 1 aliphatic rings. The van der Waals surface area contributed by atoms with Gasteiger partial charge in [-0.2, -0.15) is 0 Å². The topological polar surface area (TPSA) is 34.4 Å². The van der Waals surface area contributed by atoms with Gasteiger partial charge in [0.15, 0.2) is 0 Å². The molecule has 0 bridgehead atoms. The zero-order valence-corrected chi connectivity index (χ0v) is 10.9. The molecule has 2 heterocycles. The molecular formula is C15H16FNO2. The Hall–Kier alpha value is -1.65. The molecule has 0 radical (unpaired) electrons. The van der Waals surface area contributed by atoms with Crippen molar-refractivity contribution in [3.8, 4) is 5.69 Å². The normalized spacial score (nSPS) is 22.3. The van der Waals surface area contributed by atoms with Gasteiger partial charge in [-0.05, 0) is 44.2 Å². The highest BCUT2D eigenvalue weighted by Crippen LogP contribution is 2.33. The van der Waals surface area contributed by atoms with Crippen LogP contribution < -0.4 is 0 Å². The number of hydrogen-bond acceptors (Lipinski definition) is 2. The Bertz CT molecular complexity index is 601. The summed E-state index contributed by atoms with van der Waals surface area (Å²) in [6, 6.07) is 8.96. The lowest BCUT2D eigenvalue weighted by Gasteiger charge is -2.33. The van der Waals surface area contributed by atoms with Crippen molar-refractivity contribution in [1.29, 1.82) is 0 Å². The van der Waals surface area contributed by atoms with Gasteiger partial charge in [-0.1, -0.05) is 0 Å². The Morgan fingerprint density at radius 1 is 1.21 bits per heavy atom. The molecule has 3 nitrogen and oxygen atoms in total. The van der Waals surface area contributed by atoms with Gasteiger partial charge in [0, 0.05) is 22.6 Å². The summed E-state index contributed by atoms with van der Waals surface area (Å²) in [5, 5.41) is 9.62. The van der Waals surface area contributed by atoms with Gasteiger partial charge in [0.25, 0.3) is 0 Å². The van der Waals surface area contributed by atoms with Crippen LogP contribution >= 0.6 is 0 Å². The van der Waals surface area contributed by atoms with Crippen molar-refractivity contribution < 1.29 is 14.2 Å². The average Bonchev–Trinajstić information content (AvgIpc) is 2.70. The second kappa shape index (κ2) is 4.47. The lowest BCUT2D eigenvalue weighted by molar-refractivity contribution is -0.166. The fourth-order valence-electron chi connectivity index (χ4n) is 2.54. The van der Waals surface area contributed by atoms with Crippen LogP contribution in [0.15, 0.2) is 30.3 Å². The maximum absolute atomic E-state index is 13.9. The fourth-order valence-corrected chi connectivity index (χ4v) is 2.54. The number of benzene rings is 1. The van der Waals surface area contributed by atoms with E-state index in [0.717, 1.165) is 17.1 Å². The Morgan fingerprint density at radius 3 is 2.42 bits per heavy atom. The summed E-state index contributed by atoms with van der Waals surface area (Å²) >= 11 is 0. The number of nitrogens with zero attached hydrogens (tertiary/aromatic N) is 1. The van der Waals surface area contributed by atoms with Gasteiger partial charge in [0.2, 0.25) is 0 Å². The smallest absolute Gasteiger partial charge is 0.129 e. The van der Waals surface area contributed by atoms with Gasteiger partial charge in [0.1, 0.15) is 18.0 Å². The van der Waals surface area contributed by atoms with Crippen molar-refractivity contribution in [2.75, 3.05) is 6.61 Å². The van der Waals surface area contributed by atoms with Crippen molar-refractivity contribution in [3.63, 3.8) is 0 Å². The molecule has 2 aromatic rings. The molecule has 1 saturated heterocycles. The number of aryl methyl sites for hydroxylation is 2. The number of hydrogen-bond donors (Lipinski definition) is 1. The number of aliphatic hydroxyl groups excluding tert-OH is 1. The summed E-state index contributed by atoms with van der Waals surface area (Å²) < 4.78 is 21.1. The van der Waals surface area contributed by atoms with Crippen LogP contribution in [0.4, 0.5) is 4.39 Å². The van der Waals surface area contributed by atoms with Crippen LogP contribution in [0.5, 0.6) is 0 Å². The first-order valence-corrected chi connectivity index (χ1v) is 6.32. The Morgan fingerprint density at radius 2 is 1.89 bits per heavy atom. The molecule has 1 N–H and O–H groups in total. The summed E-state index contributed by atoms with van der Waals surface area (Å²) in [5.41, 5.74) is 3.48. The average molecular weight is 261 g/mol. The van der Waals surface area contributed by atoms with Gasteiger partial charge in [-0.15, -0.1) is 0 Å². The molecule has 2 unspecified atom stereocenters. The highest BCUT2D eigenvalue weighted by atomic mass is 19.1. The van der Waals surface area contributed by atoms with E-state index in [2.05, 4.69) is 0 Å². The van der Waals surface area contributed by atoms with Crippen molar-refractivity contribution >= 4 is 0 Å². The lowest BCUT2D eigenvalue weighted by atomic mass is 9.99. The van der Waals surface area contributed by atoms with Crippen LogP contribution in [-0.2, 0) is 4.74 Å². The first-order chi connectivity index (χ1) is 9.08. The second-order valence-corrected chi connectivity index (χ2v) is 4.98. The van der Waals surface area contributed by atoms with E-state index in [1.165, 1.54) is 6.07 Å². The molecule has 3 rings (SSSR count). The number of ether oxygens (including phenoxy) is 1. The molecule has 19 heavy (non-hydrogen) atoms. The maximum Gasteiger partial charge on any atom is 0.129 e. The van der Waals surface area contributed by atoms with E-state index in [1.54, 1.807) is 12.1 Å². The minimum atomic E-state index is -0.614. The van der Waals surface area contributed by atoms with Gasteiger partial charge in [0.05, 0.1) is 6.61 Å². The van der Waals surface area contributed by atoms with Crippen LogP contribution in [-0.4, -0.2) is 22.4 Å². The molecule has 2 atom stereocenters. The highest BCUT2D eigenvalue weighted by molar-refractivity contribution is 5.42. The predicted molar refractivity (Wildman–Crippen MR) is 69.9 cm³/mol. The second-order valence-electron chi connectivity index (χ2n) is 4.98. The van der Waals surface area contributed by atoms with Crippen molar-refractivity contribution in [1.82, 2.24) is 4.57 Å². The van der Waals surface area contributed by atoms with Crippen LogP contribution in [0.25, 0.3) is 5.69 Å². The van der Waals surface area contributed by atoms with Gasteiger partial charge >= 0.3 is 0 Å². The highest BCUT2D eigenvalue weighted by Gasteiger charge is 2.33. The Labute approximate surface area is 111 Å². The van der Waals surface area contributed by atoms with E-state index >= 15 is 0 Å². The Balaban J connectivity index is 2.07. The van der Waals surface area contributed by atoms with Crippen LogP contribution in [0.2, 0.25) is 0 Å². The summed E-state index contributed by atoms with van der Waals surface area (Å²) in [7, 11) is 0. The van der Waals surface area contributed by atoms with Crippen molar-refractivity contribution in [2.45, 2.75) is 26.1 Å². The van der Waals surface area contributed by atoms with E-state index in [9.17, 15) is 9.50 Å². The summed E-state index contributed by atoms with van der Waals surface area (Å²) in [6.45, 7) is 4.28. The first kappa shape index (κ1) is 12.4. The van der Waals surface area contributed by atoms with E-state index in [1.807, 2.05) is 30.5 Å². The first-order valence-electron chi connectivity index (χ1n) is 6.32. The summed E-state index contributed by atoms with van der Waals surface area (Å²) in [4.78, 5) is 0. The lowest BCUT2D eigenvalue weighted by Crippen LogP contribution is -2.37. The third kappa shape index (κ3) is 1.97. The summed E-state index contributed by atoms with van der Waals surface area (Å²) in [5.74, 6) is -0.338. The third-order valence-electron chi connectivity index (χ3n) is 3.61. The molecule has 100 valence electrons. The van der Waals surface area contributed by atoms with E-state index in [0.29, 0.717) is 5.56 Å². The van der Waals surface area contributed by atoms with E-state index in [4.69, 9.17) is 4.74 Å². The van der Waals surface area contributed by atoms with E-state index < -0.39 is 12.2 Å². The standard InChI is InChI=1S/C15H16FNO2/c1-9-3-4-10(2)17(9)11-5-6-13(16)12(7-11)15-14(18)8-19-15/h3-7,14-15,18H,8H2,1-2H3. The van der Waals surface area contributed by atoms with Gasteiger partial charge in [-0.3, -0.25) is 0 Å². The number of aliphatic hydroxyl groups is 1. The number of rotatable bonds is 2. The van der Waals surface area contributed by atoms with Crippen LogP contribution in [0.3, 0.4) is 0 Å². The quantitative estimate of drug-likeness (QED) is 0.902. The molecule has 0 spiro atoms. The zero-order chi connectivity index (χ0) is 13.6. The Kier molecular flexibility index (Phi) is 2.92. The minimum absolute atomic E-state index is 0.274. The molecular weight excluding hydrogens is 245 g/mol. The third-order valence-corrected chi connectivity index (χ3v) is 3.61. The monoisotopic (exact) mass is 261 g/mol. The molecule has 0 aliphatic carbocycles. The van der Waals surface area contributed by atoms with Crippen molar-refractivity contribution in [3.05, 3.63) is 53.1 Å². The molecule has 4 heteroatoms. The molecule has 1 fully saturated rings. The zero-order valence-electron chi connectivity index (χ0n) is 10.9. The van der Waals surface area contributed by atoms with Gasteiger partial charge in [-0.25, -0.2) is 4.39 Å². The molecule has 1 aliphatic heterocycles. The maximum atomic E-state index is 13.9. The number of halogens is 1. The predicted octanol–water partition coefficient (Wildman–Crippen LogP) is 2.67.